The Morgan fingerprint density at radius 1 is 1.36 bits per heavy atom. The first-order valence-electron chi connectivity index (χ1n) is 6.56. The molecule has 0 radical (unpaired) electrons. The molecular formula is C15H14BrNO5. The van der Waals surface area contributed by atoms with Crippen molar-refractivity contribution in [2.24, 2.45) is 0 Å². The summed E-state index contributed by atoms with van der Waals surface area (Å²) in [5, 5.41) is 18.0. The van der Waals surface area contributed by atoms with E-state index < -0.39 is 24.2 Å². The lowest BCUT2D eigenvalue weighted by Crippen LogP contribution is -2.39. The average Bonchev–Trinajstić information content (AvgIpc) is 2.90. The predicted octanol–water partition coefficient (Wildman–Crippen LogP) is 2.02. The summed E-state index contributed by atoms with van der Waals surface area (Å²) in [4.78, 5) is 22.9. The van der Waals surface area contributed by atoms with E-state index in [1.54, 1.807) is 0 Å². The van der Waals surface area contributed by atoms with Gasteiger partial charge < -0.3 is 14.9 Å². The number of nitrogens with zero attached hydrogens (tertiary/aromatic N) is 1. The van der Waals surface area contributed by atoms with Gasteiger partial charge in [0.15, 0.2) is 0 Å². The van der Waals surface area contributed by atoms with Gasteiger partial charge >= 0.3 is 12.1 Å². The third kappa shape index (κ3) is 4.00. The predicted molar refractivity (Wildman–Crippen MR) is 81.5 cm³/mol. The van der Waals surface area contributed by atoms with Crippen LogP contribution in [0.25, 0.3) is 0 Å². The van der Waals surface area contributed by atoms with E-state index >= 15 is 0 Å². The number of carboxylic acids is 1. The summed E-state index contributed by atoms with van der Waals surface area (Å²) in [6.07, 6.45) is -1.57. The van der Waals surface area contributed by atoms with Gasteiger partial charge in [0.2, 0.25) is 0 Å². The van der Waals surface area contributed by atoms with Crippen molar-refractivity contribution in [3.63, 3.8) is 0 Å². The quantitative estimate of drug-likeness (QED) is 0.798. The number of ether oxygens (including phenoxy) is 1. The molecule has 2 rings (SSSR count). The molecule has 1 aliphatic heterocycles. The summed E-state index contributed by atoms with van der Waals surface area (Å²) in [6, 6.07) is 6.44. The van der Waals surface area contributed by atoms with Crippen molar-refractivity contribution in [3.05, 3.63) is 34.3 Å². The fourth-order valence-corrected chi connectivity index (χ4v) is 2.60. The lowest BCUT2D eigenvalue weighted by atomic mass is 10.2. The van der Waals surface area contributed by atoms with Crippen molar-refractivity contribution in [1.82, 2.24) is 4.90 Å². The highest BCUT2D eigenvalue weighted by molar-refractivity contribution is 9.10. The molecule has 1 amide bonds. The number of aliphatic carboxylic acids is 1. The van der Waals surface area contributed by atoms with E-state index in [0.29, 0.717) is 0 Å². The molecule has 0 spiro atoms. The van der Waals surface area contributed by atoms with Crippen LogP contribution < -0.4 is 0 Å². The normalized spacial score (nSPS) is 20.3. The largest absolute Gasteiger partial charge is 0.480 e. The first kappa shape index (κ1) is 16.3. The second kappa shape index (κ2) is 7.29. The summed E-state index contributed by atoms with van der Waals surface area (Å²) in [5.41, 5.74) is 0.827. The number of carboxylic acid groups (broad SMARTS) is 2. The molecular weight excluding hydrogens is 354 g/mol. The Kier molecular flexibility index (Phi) is 5.41. The Morgan fingerprint density at radius 3 is 2.68 bits per heavy atom. The van der Waals surface area contributed by atoms with Crippen molar-refractivity contribution in [3.8, 4) is 11.8 Å². The Morgan fingerprint density at radius 2 is 2.09 bits per heavy atom. The van der Waals surface area contributed by atoms with Crippen LogP contribution in [-0.2, 0) is 9.53 Å². The molecule has 1 fully saturated rings. The van der Waals surface area contributed by atoms with Gasteiger partial charge in [0.1, 0.15) is 12.6 Å². The number of benzene rings is 1. The highest BCUT2D eigenvalue weighted by Crippen LogP contribution is 2.20. The number of rotatable bonds is 3. The van der Waals surface area contributed by atoms with Gasteiger partial charge in [-0.2, -0.15) is 0 Å². The van der Waals surface area contributed by atoms with Crippen LogP contribution in [0, 0.1) is 11.8 Å². The van der Waals surface area contributed by atoms with E-state index in [-0.39, 0.29) is 19.6 Å². The van der Waals surface area contributed by atoms with Crippen LogP contribution in [0.15, 0.2) is 28.7 Å². The molecule has 0 bridgehead atoms. The first-order chi connectivity index (χ1) is 10.5. The van der Waals surface area contributed by atoms with Crippen molar-refractivity contribution in [2.45, 2.75) is 18.6 Å². The summed E-state index contributed by atoms with van der Waals surface area (Å²) in [5.74, 6) is 4.62. The minimum atomic E-state index is -1.25. The minimum absolute atomic E-state index is 0.0447. The van der Waals surface area contributed by atoms with Gasteiger partial charge in [-0.05, 0) is 28.1 Å². The second-order valence-corrected chi connectivity index (χ2v) is 5.59. The van der Waals surface area contributed by atoms with Crippen molar-refractivity contribution >= 4 is 28.0 Å². The smallest absolute Gasteiger partial charge is 0.408 e. The monoisotopic (exact) mass is 367 g/mol. The molecule has 1 aromatic carbocycles. The summed E-state index contributed by atoms with van der Waals surface area (Å²) < 4.78 is 6.35. The second-order valence-electron chi connectivity index (χ2n) is 4.74. The van der Waals surface area contributed by atoms with Crippen LogP contribution in [0.4, 0.5) is 4.79 Å². The number of halogens is 1. The molecule has 7 heteroatoms. The van der Waals surface area contributed by atoms with Gasteiger partial charge in [-0.1, -0.05) is 24.0 Å². The molecule has 1 saturated heterocycles. The topological polar surface area (TPSA) is 87.1 Å². The minimum Gasteiger partial charge on any atom is -0.480 e. The van der Waals surface area contributed by atoms with Crippen LogP contribution in [0.1, 0.15) is 12.0 Å². The Bertz CT molecular complexity index is 614. The summed E-state index contributed by atoms with van der Waals surface area (Å²) in [6.45, 7) is 0.162. The van der Waals surface area contributed by atoms with Crippen LogP contribution in [0.5, 0.6) is 0 Å². The lowest BCUT2D eigenvalue weighted by Gasteiger charge is -2.16. The third-order valence-corrected chi connectivity index (χ3v) is 3.97. The van der Waals surface area contributed by atoms with Crippen LogP contribution in [0.2, 0.25) is 0 Å². The van der Waals surface area contributed by atoms with Crippen LogP contribution in [-0.4, -0.2) is 52.5 Å². The molecule has 1 aromatic rings. The average molecular weight is 368 g/mol. The van der Waals surface area contributed by atoms with Gasteiger partial charge in [0, 0.05) is 16.5 Å². The van der Waals surface area contributed by atoms with Gasteiger partial charge in [0.25, 0.3) is 0 Å². The van der Waals surface area contributed by atoms with Crippen molar-refractivity contribution < 1.29 is 24.5 Å². The van der Waals surface area contributed by atoms with Gasteiger partial charge in [-0.25, -0.2) is 9.59 Å². The fraction of sp³-hybridized carbons (Fsp3) is 0.333. The maximum Gasteiger partial charge on any atom is 0.408 e. The summed E-state index contributed by atoms with van der Waals surface area (Å²) in [7, 11) is 0. The van der Waals surface area contributed by atoms with Gasteiger partial charge in [-0.15, -0.1) is 0 Å². The highest BCUT2D eigenvalue weighted by atomic mass is 79.9. The third-order valence-electron chi connectivity index (χ3n) is 3.28. The standard InChI is InChI=1S/C15H14BrNO5/c16-12-6-2-1-4-10(12)5-3-7-22-11-8-13(14(18)19)17(9-11)15(20)21/h1-2,4,6,11,13H,7-9H2,(H,18,19)(H,20,21)/t11-,13+/m1/s1. The molecule has 22 heavy (non-hydrogen) atoms. The molecule has 1 heterocycles. The zero-order valence-corrected chi connectivity index (χ0v) is 13.1. The highest BCUT2D eigenvalue weighted by Gasteiger charge is 2.40. The van der Waals surface area contributed by atoms with E-state index in [2.05, 4.69) is 27.8 Å². The molecule has 116 valence electrons. The zero-order valence-electron chi connectivity index (χ0n) is 11.5. The number of likely N-dealkylation sites (tertiary alicyclic amines) is 1. The Labute approximate surface area is 135 Å². The fourth-order valence-electron chi connectivity index (χ4n) is 2.22. The molecule has 0 aromatic heterocycles. The molecule has 1 aliphatic rings. The van der Waals surface area contributed by atoms with Crippen molar-refractivity contribution in [1.29, 1.82) is 0 Å². The number of hydrogen-bond acceptors (Lipinski definition) is 3. The number of amides is 1. The maximum absolute atomic E-state index is 11.0. The van der Waals surface area contributed by atoms with E-state index in [1.165, 1.54) is 0 Å². The Balaban J connectivity index is 1.90. The van der Waals surface area contributed by atoms with E-state index in [4.69, 9.17) is 14.9 Å². The maximum atomic E-state index is 11.0. The molecule has 6 nitrogen and oxygen atoms in total. The molecule has 0 aliphatic carbocycles. The van der Waals surface area contributed by atoms with Crippen molar-refractivity contribution in [2.75, 3.05) is 13.2 Å². The molecule has 2 N–H and O–H groups in total. The lowest BCUT2D eigenvalue weighted by molar-refractivity contribution is -0.141. The van der Waals surface area contributed by atoms with E-state index in [0.717, 1.165) is 14.9 Å². The first-order valence-corrected chi connectivity index (χ1v) is 7.35. The van der Waals surface area contributed by atoms with Gasteiger partial charge in [-0.3, -0.25) is 4.90 Å². The molecule has 2 atom stereocenters. The van der Waals surface area contributed by atoms with Crippen LogP contribution >= 0.6 is 15.9 Å². The zero-order chi connectivity index (χ0) is 16.1. The molecule has 0 saturated carbocycles. The Hall–Kier alpha value is -2.04. The van der Waals surface area contributed by atoms with Gasteiger partial charge in [0.05, 0.1) is 12.6 Å². The van der Waals surface area contributed by atoms with Crippen LogP contribution in [0.3, 0.4) is 0 Å². The molecule has 0 unspecified atom stereocenters. The van der Waals surface area contributed by atoms with E-state index in [1.807, 2.05) is 24.3 Å². The summed E-state index contributed by atoms with van der Waals surface area (Å²) >= 11 is 3.38. The van der Waals surface area contributed by atoms with E-state index in [9.17, 15) is 9.59 Å². The SMILES string of the molecule is O=C(O)[C@@H]1C[C@@H](OCC#Cc2ccccc2Br)CN1C(=O)O. The number of carbonyl (C=O) groups is 2. The number of hydrogen-bond donors (Lipinski definition) is 2.